The highest BCUT2D eigenvalue weighted by molar-refractivity contribution is 6.12. The molecule has 186 valence electrons. The van der Waals surface area contributed by atoms with Crippen molar-refractivity contribution in [2.75, 3.05) is 5.32 Å². The fraction of sp³-hybridized carbons (Fsp3) is 0.250. The van der Waals surface area contributed by atoms with Gasteiger partial charge >= 0.3 is 0 Å². The maximum absolute atomic E-state index is 13.4. The molecule has 0 radical (unpaired) electrons. The number of nitrogens with zero attached hydrogens (tertiary/aromatic N) is 4. The number of benzene rings is 2. The second kappa shape index (κ2) is 9.16. The molecule has 0 unspecified atom stereocenters. The summed E-state index contributed by atoms with van der Waals surface area (Å²) in [6, 6.07) is 14.9. The lowest BCUT2D eigenvalue weighted by Crippen LogP contribution is -2.30. The highest BCUT2D eigenvalue weighted by Gasteiger charge is 2.26. The van der Waals surface area contributed by atoms with Crippen LogP contribution in [0.1, 0.15) is 47.5 Å². The highest BCUT2D eigenvalue weighted by Crippen LogP contribution is 2.34. The third-order valence-electron chi connectivity index (χ3n) is 6.52. The average molecular weight is 494 g/mol. The molecular formula is C28H27N7O2. The molecule has 1 fully saturated rings. The molecule has 0 spiro atoms. The van der Waals surface area contributed by atoms with Crippen molar-refractivity contribution in [1.82, 2.24) is 30.0 Å². The van der Waals surface area contributed by atoms with E-state index in [-0.39, 0.29) is 17.9 Å². The number of H-pyrrole nitrogens is 1. The second-order valence-electron chi connectivity index (χ2n) is 9.83. The van der Waals surface area contributed by atoms with E-state index in [1.807, 2.05) is 49.0 Å². The zero-order chi connectivity index (χ0) is 25.5. The molecule has 5 aromatic rings. The summed E-state index contributed by atoms with van der Waals surface area (Å²) < 4.78 is 1.94. The van der Waals surface area contributed by atoms with E-state index in [0.717, 1.165) is 39.7 Å². The topological polar surface area (TPSA) is 118 Å². The molecule has 2 amide bonds. The Morgan fingerprint density at radius 3 is 2.73 bits per heavy atom. The molecule has 3 aromatic heterocycles. The van der Waals surface area contributed by atoms with Crippen LogP contribution < -0.4 is 10.6 Å². The minimum atomic E-state index is -0.316. The lowest BCUT2D eigenvalue weighted by molar-refractivity contribution is 0.0941. The normalized spacial score (nSPS) is 13.4. The van der Waals surface area contributed by atoms with Crippen LogP contribution in [0.25, 0.3) is 33.2 Å². The Morgan fingerprint density at radius 1 is 1.05 bits per heavy atom. The molecule has 2 aromatic carbocycles. The Kier molecular flexibility index (Phi) is 5.67. The summed E-state index contributed by atoms with van der Waals surface area (Å²) in [5.74, 6) is 0.0806. The van der Waals surface area contributed by atoms with Gasteiger partial charge in [-0.1, -0.05) is 12.1 Å². The second-order valence-corrected chi connectivity index (χ2v) is 9.83. The minimum absolute atomic E-state index is 0.0214. The Bertz CT molecular complexity index is 1650. The molecule has 1 aliphatic rings. The molecule has 1 saturated carbocycles. The van der Waals surface area contributed by atoms with Crippen LogP contribution in [0.2, 0.25) is 0 Å². The third-order valence-corrected chi connectivity index (χ3v) is 6.52. The number of carbonyl (C=O) groups is 2. The molecule has 6 rings (SSSR count). The first-order valence-electron chi connectivity index (χ1n) is 12.5. The van der Waals surface area contributed by atoms with Gasteiger partial charge < -0.3 is 15.6 Å². The van der Waals surface area contributed by atoms with Crippen LogP contribution in [-0.4, -0.2) is 42.6 Å². The van der Waals surface area contributed by atoms with Crippen molar-refractivity contribution < 1.29 is 9.59 Å². The van der Waals surface area contributed by atoms with Crippen LogP contribution in [0.3, 0.4) is 0 Å². The van der Waals surface area contributed by atoms with E-state index in [2.05, 4.69) is 25.6 Å². The van der Waals surface area contributed by atoms with Crippen LogP contribution in [0.5, 0.6) is 0 Å². The molecule has 3 N–H and O–H groups in total. The lowest BCUT2D eigenvalue weighted by atomic mass is 10.1. The van der Waals surface area contributed by atoms with Crippen LogP contribution in [0.15, 0.2) is 61.1 Å². The molecule has 0 saturated heterocycles. The number of aromatic nitrogens is 5. The summed E-state index contributed by atoms with van der Waals surface area (Å²) in [7, 11) is 0. The number of aromatic amines is 1. The van der Waals surface area contributed by atoms with Gasteiger partial charge in [0.1, 0.15) is 12.0 Å². The maximum atomic E-state index is 13.4. The smallest absolute Gasteiger partial charge is 0.276 e. The van der Waals surface area contributed by atoms with Gasteiger partial charge in [-0.3, -0.25) is 14.3 Å². The third kappa shape index (κ3) is 4.55. The summed E-state index contributed by atoms with van der Waals surface area (Å²) >= 11 is 0. The molecular weight excluding hydrogens is 466 g/mol. The largest absolute Gasteiger partial charge is 0.350 e. The first kappa shape index (κ1) is 22.9. The predicted molar refractivity (Wildman–Crippen MR) is 142 cm³/mol. The van der Waals surface area contributed by atoms with E-state index in [9.17, 15) is 9.59 Å². The van der Waals surface area contributed by atoms with Crippen molar-refractivity contribution in [3.8, 4) is 11.3 Å². The predicted octanol–water partition coefficient (Wildman–Crippen LogP) is 4.78. The lowest BCUT2D eigenvalue weighted by Gasteiger charge is -2.10. The van der Waals surface area contributed by atoms with Gasteiger partial charge in [0.05, 0.1) is 11.2 Å². The van der Waals surface area contributed by atoms with Crippen molar-refractivity contribution in [1.29, 1.82) is 0 Å². The number of carbonyl (C=O) groups excluding carboxylic acids is 2. The summed E-state index contributed by atoms with van der Waals surface area (Å²) in [4.78, 5) is 37.7. The first-order chi connectivity index (χ1) is 18.0. The molecule has 1 aliphatic carbocycles. The Hall–Kier alpha value is -4.53. The zero-order valence-electron chi connectivity index (χ0n) is 20.7. The van der Waals surface area contributed by atoms with Gasteiger partial charge in [-0.15, -0.1) is 0 Å². The van der Waals surface area contributed by atoms with Crippen molar-refractivity contribution >= 4 is 39.4 Å². The van der Waals surface area contributed by atoms with Gasteiger partial charge in [0, 0.05) is 46.4 Å². The number of hydrogen-bond acceptors (Lipinski definition) is 5. The number of nitrogens with one attached hydrogen (secondary N) is 3. The summed E-state index contributed by atoms with van der Waals surface area (Å²) in [5.41, 5.74) is 4.82. The van der Waals surface area contributed by atoms with E-state index < -0.39 is 0 Å². The molecule has 0 bridgehead atoms. The van der Waals surface area contributed by atoms with Crippen molar-refractivity contribution in [3.05, 3.63) is 72.3 Å². The SMILES string of the molecule is CC(C)NC(=O)c1cccc(NC(=O)c2nn(CC3CC3)c3cc(-c4ncnc5[nH]ccc45)ccc23)c1. The molecule has 9 nitrogen and oxygen atoms in total. The summed E-state index contributed by atoms with van der Waals surface area (Å²) in [5, 5.41) is 12.2. The number of rotatable bonds is 7. The zero-order valence-corrected chi connectivity index (χ0v) is 20.7. The summed E-state index contributed by atoms with van der Waals surface area (Å²) in [6.07, 6.45) is 5.74. The van der Waals surface area contributed by atoms with Gasteiger partial charge in [-0.2, -0.15) is 5.10 Å². The molecule has 9 heteroatoms. The van der Waals surface area contributed by atoms with Gasteiger partial charge in [-0.25, -0.2) is 9.97 Å². The first-order valence-corrected chi connectivity index (χ1v) is 12.5. The Morgan fingerprint density at radius 2 is 1.92 bits per heavy atom. The Balaban J connectivity index is 1.35. The van der Waals surface area contributed by atoms with E-state index >= 15 is 0 Å². The standard InChI is InChI=1S/C28H27N7O2/c1-16(2)32-27(36)19-4-3-5-20(12-19)33-28(37)25-21-9-8-18(13-23(21)35(34-25)14-17-6-7-17)24-22-10-11-29-26(22)31-15-30-24/h3-5,8-13,15-17H,6-7,14H2,1-2H3,(H,32,36)(H,33,37)(H,29,30,31). The van der Waals surface area contributed by atoms with Crippen molar-refractivity contribution in [3.63, 3.8) is 0 Å². The van der Waals surface area contributed by atoms with Gasteiger partial charge in [-0.05, 0) is 69.0 Å². The number of amides is 2. The van der Waals surface area contributed by atoms with Crippen LogP contribution in [-0.2, 0) is 6.54 Å². The van der Waals surface area contributed by atoms with Crippen LogP contribution in [0.4, 0.5) is 5.69 Å². The average Bonchev–Trinajstić information content (AvgIpc) is 3.44. The molecule has 0 aliphatic heterocycles. The fourth-order valence-electron chi connectivity index (χ4n) is 4.55. The van der Waals surface area contributed by atoms with Crippen molar-refractivity contribution in [2.45, 2.75) is 39.3 Å². The fourth-order valence-corrected chi connectivity index (χ4v) is 4.55. The van der Waals surface area contributed by atoms with Crippen LogP contribution in [0, 0.1) is 5.92 Å². The molecule has 3 heterocycles. The van der Waals surface area contributed by atoms with E-state index in [4.69, 9.17) is 5.10 Å². The quantitative estimate of drug-likeness (QED) is 0.302. The highest BCUT2D eigenvalue weighted by atomic mass is 16.2. The monoisotopic (exact) mass is 493 g/mol. The number of fused-ring (bicyclic) bond motifs is 2. The summed E-state index contributed by atoms with van der Waals surface area (Å²) in [6.45, 7) is 4.58. The number of anilines is 1. The van der Waals surface area contributed by atoms with Crippen LogP contribution >= 0.6 is 0 Å². The van der Waals surface area contributed by atoms with Gasteiger partial charge in [0.2, 0.25) is 0 Å². The Labute approximate surface area is 213 Å². The minimum Gasteiger partial charge on any atom is -0.350 e. The van der Waals surface area contributed by atoms with Gasteiger partial charge in [0.15, 0.2) is 5.69 Å². The van der Waals surface area contributed by atoms with E-state index in [1.54, 1.807) is 30.6 Å². The molecule has 0 atom stereocenters. The molecule has 37 heavy (non-hydrogen) atoms. The van der Waals surface area contributed by atoms with E-state index in [1.165, 1.54) is 12.8 Å². The van der Waals surface area contributed by atoms with Gasteiger partial charge in [0.25, 0.3) is 11.8 Å². The maximum Gasteiger partial charge on any atom is 0.276 e. The number of hydrogen-bond donors (Lipinski definition) is 3. The van der Waals surface area contributed by atoms with E-state index in [0.29, 0.717) is 22.9 Å². The van der Waals surface area contributed by atoms with Crippen molar-refractivity contribution in [2.24, 2.45) is 5.92 Å².